The zero-order valence-corrected chi connectivity index (χ0v) is 7.72. The highest BCUT2D eigenvalue weighted by Gasteiger charge is 2.12. The molecule has 0 atom stereocenters. The van der Waals surface area contributed by atoms with Gasteiger partial charge in [0.15, 0.2) is 0 Å². The summed E-state index contributed by atoms with van der Waals surface area (Å²) >= 11 is 0. The molecule has 1 heterocycles. The van der Waals surface area contributed by atoms with Crippen LogP contribution in [0.15, 0.2) is 35.4 Å². The second-order valence-corrected chi connectivity index (χ2v) is 3.00. The van der Waals surface area contributed by atoms with Crippen LogP contribution < -0.4 is 4.90 Å². The molecule has 0 bridgehead atoms. The van der Waals surface area contributed by atoms with Crippen molar-refractivity contribution in [1.29, 1.82) is 0 Å². The lowest BCUT2D eigenvalue weighted by atomic mass is 10.3. The molecular formula is C10H13N3. The molecule has 0 N–H and O–H groups in total. The molecule has 0 unspecified atom stereocenters. The Balaban J connectivity index is 2.09. The van der Waals surface area contributed by atoms with E-state index in [4.69, 9.17) is 0 Å². The summed E-state index contributed by atoms with van der Waals surface area (Å²) in [6.07, 6.45) is 1.87. The van der Waals surface area contributed by atoms with E-state index < -0.39 is 0 Å². The molecule has 13 heavy (non-hydrogen) atoms. The fourth-order valence-electron chi connectivity index (χ4n) is 1.33. The largest absolute Gasteiger partial charge is 0.311 e. The predicted molar refractivity (Wildman–Crippen MR) is 54.7 cm³/mol. The maximum absolute atomic E-state index is 4.25. The van der Waals surface area contributed by atoms with Crippen LogP contribution in [-0.2, 0) is 0 Å². The van der Waals surface area contributed by atoms with E-state index in [1.165, 1.54) is 5.69 Å². The third kappa shape index (κ3) is 1.64. The molecule has 68 valence electrons. The summed E-state index contributed by atoms with van der Waals surface area (Å²) in [5.41, 5.74) is 1.20. The smallest absolute Gasteiger partial charge is 0.117 e. The molecule has 1 aromatic carbocycles. The average Bonchev–Trinajstić information content (AvgIpc) is 2.67. The van der Waals surface area contributed by atoms with Gasteiger partial charge in [0.1, 0.15) is 13.0 Å². The molecule has 3 heteroatoms. The highest BCUT2D eigenvalue weighted by atomic mass is 15.6. The number of hydrogen-bond acceptors (Lipinski definition) is 3. The fraction of sp³-hybridized carbons (Fsp3) is 0.300. The first kappa shape index (κ1) is 8.10. The zero-order valence-electron chi connectivity index (χ0n) is 7.72. The van der Waals surface area contributed by atoms with Crippen LogP contribution in [-0.4, -0.2) is 24.6 Å². The van der Waals surface area contributed by atoms with Crippen molar-refractivity contribution < 1.29 is 0 Å². The summed E-state index contributed by atoms with van der Waals surface area (Å²) in [7, 11) is 0. The quantitative estimate of drug-likeness (QED) is 0.681. The molecule has 0 radical (unpaired) electrons. The Morgan fingerprint density at radius 3 is 2.69 bits per heavy atom. The van der Waals surface area contributed by atoms with Gasteiger partial charge in [0.25, 0.3) is 0 Å². The topological polar surface area (TPSA) is 18.8 Å². The summed E-state index contributed by atoms with van der Waals surface area (Å²) in [6.45, 7) is 3.92. The highest BCUT2D eigenvalue weighted by Crippen LogP contribution is 2.14. The number of hydrogen-bond donors (Lipinski definition) is 0. The molecule has 0 aliphatic carbocycles. The van der Waals surface area contributed by atoms with Gasteiger partial charge in [0, 0.05) is 12.2 Å². The number of nitrogens with zero attached hydrogens (tertiary/aromatic N) is 3. The molecule has 1 aliphatic rings. The van der Waals surface area contributed by atoms with E-state index >= 15 is 0 Å². The Labute approximate surface area is 78.3 Å². The van der Waals surface area contributed by atoms with Gasteiger partial charge in [0.2, 0.25) is 0 Å². The maximum atomic E-state index is 4.25. The van der Waals surface area contributed by atoms with Crippen LogP contribution in [0.2, 0.25) is 0 Å². The highest BCUT2D eigenvalue weighted by molar-refractivity contribution is 5.80. The van der Waals surface area contributed by atoms with Crippen LogP contribution in [0.5, 0.6) is 0 Å². The van der Waals surface area contributed by atoms with E-state index in [0.29, 0.717) is 0 Å². The molecule has 0 aromatic heterocycles. The van der Waals surface area contributed by atoms with Gasteiger partial charge in [-0.05, 0) is 19.1 Å². The first-order valence-corrected chi connectivity index (χ1v) is 4.51. The number of para-hydroxylation sites is 1. The van der Waals surface area contributed by atoms with Crippen LogP contribution in [0.3, 0.4) is 0 Å². The number of rotatable bonds is 2. The minimum atomic E-state index is 0.862. The Bertz CT molecular complexity index is 294. The first-order chi connectivity index (χ1) is 6.40. The van der Waals surface area contributed by atoms with Crippen molar-refractivity contribution in [3.05, 3.63) is 30.3 Å². The molecule has 3 nitrogen and oxygen atoms in total. The van der Waals surface area contributed by atoms with Crippen LogP contribution in [0.4, 0.5) is 5.69 Å². The van der Waals surface area contributed by atoms with Crippen molar-refractivity contribution in [3.63, 3.8) is 0 Å². The average molecular weight is 175 g/mol. The van der Waals surface area contributed by atoms with Crippen LogP contribution in [0.25, 0.3) is 0 Å². The van der Waals surface area contributed by atoms with Crippen molar-refractivity contribution in [3.8, 4) is 0 Å². The van der Waals surface area contributed by atoms with Crippen LogP contribution >= 0.6 is 0 Å². The van der Waals surface area contributed by atoms with E-state index in [1.807, 2.05) is 29.5 Å². The number of hydrazone groups is 1. The van der Waals surface area contributed by atoms with E-state index in [1.54, 1.807) is 0 Å². The van der Waals surface area contributed by atoms with Crippen molar-refractivity contribution >= 4 is 12.0 Å². The van der Waals surface area contributed by atoms with E-state index in [9.17, 15) is 0 Å². The normalized spacial score (nSPS) is 15.5. The number of benzene rings is 1. The van der Waals surface area contributed by atoms with Gasteiger partial charge in [-0.15, -0.1) is 0 Å². The van der Waals surface area contributed by atoms with E-state index in [2.05, 4.69) is 29.1 Å². The molecular weight excluding hydrogens is 162 g/mol. The summed E-state index contributed by atoms with van der Waals surface area (Å²) in [4.78, 5) is 2.13. The Morgan fingerprint density at radius 2 is 2.08 bits per heavy atom. The minimum absolute atomic E-state index is 0.862. The first-order valence-electron chi connectivity index (χ1n) is 4.51. The van der Waals surface area contributed by atoms with Crippen LogP contribution in [0.1, 0.15) is 6.92 Å². The SMILES string of the molecule is CCN1CN(c2ccccc2)C=N1. The third-order valence-electron chi connectivity index (χ3n) is 2.12. The fourth-order valence-corrected chi connectivity index (χ4v) is 1.33. The molecule has 0 fully saturated rings. The molecule has 0 spiro atoms. The summed E-state index contributed by atoms with van der Waals surface area (Å²) in [6, 6.07) is 10.3. The third-order valence-corrected chi connectivity index (χ3v) is 2.12. The molecule has 2 rings (SSSR count). The summed E-state index contributed by atoms with van der Waals surface area (Å²) < 4.78 is 0. The predicted octanol–water partition coefficient (Wildman–Crippen LogP) is 1.73. The van der Waals surface area contributed by atoms with Gasteiger partial charge in [-0.25, -0.2) is 0 Å². The molecule has 1 aliphatic heterocycles. The van der Waals surface area contributed by atoms with Crippen molar-refractivity contribution in [2.75, 3.05) is 18.1 Å². The Kier molecular flexibility index (Phi) is 2.17. The van der Waals surface area contributed by atoms with Crippen LogP contribution in [0, 0.1) is 0 Å². The van der Waals surface area contributed by atoms with Crippen molar-refractivity contribution in [2.45, 2.75) is 6.92 Å². The summed E-state index contributed by atoms with van der Waals surface area (Å²) in [5.74, 6) is 0. The van der Waals surface area contributed by atoms with Gasteiger partial charge in [-0.3, -0.25) is 5.01 Å². The second kappa shape index (κ2) is 3.47. The lowest BCUT2D eigenvalue weighted by molar-refractivity contribution is 0.337. The van der Waals surface area contributed by atoms with Gasteiger partial charge in [0.05, 0.1) is 0 Å². The van der Waals surface area contributed by atoms with Crippen molar-refractivity contribution in [2.24, 2.45) is 5.10 Å². The zero-order chi connectivity index (χ0) is 9.10. The van der Waals surface area contributed by atoms with Gasteiger partial charge in [-0.2, -0.15) is 5.10 Å². The molecule has 0 saturated carbocycles. The lowest BCUT2D eigenvalue weighted by Gasteiger charge is -2.17. The minimum Gasteiger partial charge on any atom is -0.311 e. The Hall–Kier alpha value is -1.51. The van der Waals surface area contributed by atoms with Gasteiger partial charge < -0.3 is 4.90 Å². The van der Waals surface area contributed by atoms with Crippen molar-refractivity contribution in [1.82, 2.24) is 5.01 Å². The second-order valence-electron chi connectivity index (χ2n) is 3.00. The monoisotopic (exact) mass is 175 g/mol. The molecule has 0 amide bonds. The van der Waals surface area contributed by atoms with Gasteiger partial charge in [-0.1, -0.05) is 18.2 Å². The standard InChI is InChI=1S/C10H13N3/c1-2-13-9-12(8-11-13)10-6-4-3-5-7-10/h3-8H,2,9H2,1H3. The molecule has 0 saturated heterocycles. The maximum Gasteiger partial charge on any atom is 0.117 e. The van der Waals surface area contributed by atoms with E-state index in [0.717, 1.165) is 13.2 Å². The Morgan fingerprint density at radius 1 is 1.31 bits per heavy atom. The summed E-state index contributed by atoms with van der Waals surface area (Å²) in [5, 5.41) is 6.27. The lowest BCUT2D eigenvalue weighted by Crippen LogP contribution is -2.25. The van der Waals surface area contributed by atoms with Gasteiger partial charge >= 0.3 is 0 Å². The molecule has 1 aromatic rings. The van der Waals surface area contributed by atoms with E-state index in [-0.39, 0.29) is 0 Å². The number of anilines is 1.